The van der Waals surface area contributed by atoms with Crippen LogP contribution in [0, 0.1) is 6.08 Å². The summed E-state index contributed by atoms with van der Waals surface area (Å²) in [7, 11) is 0.892. The molecule has 1 aliphatic carbocycles. The number of benzene rings is 1. The van der Waals surface area contributed by atoms with Gasteiger partial charge in [-0.15, -0.1) is 40.6 Å². The van der Waals surface area contributed by atoms with Gasteiger partial charge in [0, 0.05) is 9.52 Å². The van der Waals surface area contributed by atoms with Gasteiger partial charge in [0.15, 0.2) is 0 Å². The van der Waals surface area contributed by atoms with Crippen LogP contribution in [0.15, 0.2) is 54.6 Å². The average Bonchev–Trinajstić information content (AvgIpc) is 3.01. The minimum absolute atomic E-state index is 0. The molecular formula is C18H20Cl2SiZr-2. The molecule has 1 aliphatic rings. The number of hydrogen-bond donors (Lipinski definition) is 0. The summed E-state index contributed by atoms with van der Waals surface area (Å²) >= 11 is 0. The molecule has 2 aromatic rings. The molecule has 2 aromatic carbocycles. The Balaban J connectivity index is 0. The van der Waals surface area contributed by atoms with Gasteiger partial charge in [0.1, 0.15) is 0 Å². The zero-order chi connectivity index (χ0) is 13.7. The molecule has 0 fully saturated rings. The Kier molecular flexibility index (Phi) is 12.7. The van der Waals surface area contributed by atoms with E-state index in [2.05, 4.69) is 69.3 Å². The summed E-state index contributed by atoms with van der Waals surface area (Å²) in [6.07, 6.45) is 10.0. The SMILES string of the molecule is CC(C)(C)[Si][c-]1ccc2ccccc21.[C-]1=CC=CC1.[Cl-].[Cl-].[Zr+2]. The van der Waals surface area contributed by atoms with E-state index >= 15 is 0 Å². The van der Waals surface area contributed by atoms with Gasteiger partial charge in [0.05, 0.1) is 0 Å². The van der Waals surface area contributed by atoms with Crippen LogP contribution in [0.25, 0.3) is 10.8 Å². The molecule has 0 atom stereocenters. The van der Waals surface area contributed by atoms with Crippen LogP contribution in [0.1, 0.15) is 27.2 Å². The quantitative estimate of drug-likeness (QED) is 0.382. The molecule has 3 rings (SSSR count). The van der Waals surface area contributed by atoms with Crippen molar-refractivity contribution in [3.63, 3.8) is 0 Å². The molecule has 0 spiro atoms. The second-order valence-electron chi connectivity index (χ2n) is 5.71. The fourth-order valence-corrected chi connectivity index (χ4v) is 3.34. The van der Waals surface area contributed by atoms with Crippen molar-refractivity contribution < 1.29 is 51.0 Å². The summed E-state index contributed by atoms with van der Waals surface area (Å²) in [6, 6.07) is 13.1. The van der Waals surface area contributed by atoms with E-state index in [1.54, 1.807) is 0 Å². The average molecular weight is 427 g/mol. The van der Waals surface area contributed by atoms with E-state index in [0.29, 0.717) is 5.04 Å². The van der Waals surface area contributed by atoms with Crippen molar-refractivity contribution in [3.8, 4) is 0 Å². The summed E-state index contributed by atoms with van der Waals surface area (Å²) < 4.78 is 0. The first kappa shape index (κ1) is 24.2. The van der Waals surface area contributed by atoms with E-state index in [1.807, 2.05) is 12.2 Å². The molecule has 0 nitrogen and oxygen atoms in total. The van der Waals surface area contributed by atoms with Crippen LogP contribution >= 0.6 is 0 Å². The van der Waals surface area contributed by atoms with Crippen LogP contribution in [0.5, 0.6) is 0 Å². The third-order valence-corrected chi connectivity index (χ3v) is 4.23. The molecular weight excluding hydrogens is 406 g/mol. The number of rotatable bonds is 1. The van der Waals surface area contributed by atoms with Crippen LogP contribution in [0.2, 0.25) is 5.04 Å². The van der Waals surface area contributed by atoms with Crippen LogP contribution in [-0.4, -0.2) is 9.52 Å². The Morgan fingerprint density at radius 3 is 2.27 bits per heavy atom. The van der Waals surface area contributed by atoms with Crippen molar-refractivity contribution in [3.05, 3.63) is 60.7 Å². The Bertz CT molecular complexity index is 584. The fourth-order valence-electron chi connectivity index (χ4n) is 2.00. The van der Waals surface area contributed by atoms with Crippen molar-refractivity contribution >= 4 is 25.5 Å². The molecule has 22 heavy (non-hydrogen) atoms. The maximum atomic E-state index is 2.99. The third-order valence-electron chi connectivity index (χ3n) is 2.78. The monoisotopic (exact) mass is 424 g/mol. The van der Waals surface area contributed by atoms with Gasteiger partial charge in [-0.2, -0.15) is 18.2 Å². The van der Waals surface area contributed by atoms with Gasteiger partial charge in [0.25, 0.3) is 0 Å². The van der Waals surface area contributed by atoms with Crippen molar-refractivity contribution in [2.24, 2.45) is 0 Å². The van der Waals surface area contributed by atoms with Crippen molar-refractivity contribution in [1.82, 2.24) is 0 Å². The fraction of sp³-hybridized carbons (Fsp3) is 0.278. The van der Waals surface area contributed by atoms with Crippen LogP contribution < -0.4 is 30.0 Å². The molecule has 2 radical (unpaired) electrons. The third kappa shape index (κ3) is 8.02. The molecule has 0 bridgehead atoms. The smallest absolute Gasteiger partial charge is 1.00 e. The van der Waals surface area contributed by atoms with Gasteiger partial charge in [-0.3, -0.25) is 6.08 Å². The first-order valence-corrected chi connectivity index (χ1v) is 7.71. The van der Waals surface area contributed by atoms with E-state index in [0.717, 1.165) is 15.9 Å². The first-order chi connectivity index (χ1) is 9.06. The normalized spacial score (nSPS) is 11.8. The molecule has 0 aliphatic heterocycles. The van der Waals surface area contributed by atoms with Gasteiger partial charge in [-0.25, -0.2) is 12.2 Å². The Morgan fingerprint density at radius 1 is 1.09 bits per heavy atom. The molecule has 0 saturated carbocycles. The number of fused-ring (bicyclic) bond motifs is 1. The van der Waals surface area contributed by atoms with Crippen molar-refractivity contribution in [1.29, 1.82) is 0 Å². The first-order valence-electron chi connectivity index (χ1n) is 6.71. The maximum Gasteiger partial charge on any atom is 2.00 e. The van der Waals surface area contributed by atoms with Crippen molar-refractivity contribution in [2.75, 3.05) is 0 Å². The summed E-state index contributed by atoms with van der Waals surface area (Å²) in [5.74, 6) is 0. The summed E-state index contributed by atoms with van der Waals surface area (Å²) in [5, 5.41) is 4.71. The second-order valence-corrected chi connectivity index (χ2v) is 8.00. The Labute approximate surface area is 168 Å². The van der Waals surface area contributed by atoms with E-state index in [1.165, 1.54) is 16.0 Å². The summed E-state index contributed by atoms with van der Waals surface area (Å²) in [6.45, 7) is 6.90. The van der Waals surface area contributed by atoms with Gasteiger partial charge in [-0.05, 0) is 0 Å². The molecule has 0 saturated heterocycles. The van der Waals surface area contributed by atoms with Crippen LogP contribution in [0.3, 0.4) is 0 Å². The minimum Gasteiger partial charge on any atom is -1.00 e. The molecule has 0 unspecified atom stereocenters. The predicted molar refractivity (Wildman–Crippen MR) is 86.2 cm³/mol. The molecule has 0 amide bonds. The molecule has 0 N–H and O–H groups in total. The standard InChI is InChI=1S/C13H15Si.C5H5.2ClH.Zr/c1-13(2,3)14-12-9-8-10-6-4-5-7-11(10)12;1-2-4-5-3-1;;;/h4-9H,1-3H3;1-3H,4H2;2*1H;/q2*-1;;;+2/p-2. The topological polar surface area (TPSA) is 0 Å². The van der Waals surface area contributed by atoms with E-state index in [4.69, 9.17) is 0 Å². The summed E-state index contributed by atoms with van der Waals surface area (Å²) in [5.41, 5.74) is 0. The summed E-state index contributed by atoms with van der Waals surface area (Å²) in [4.78, 5) is 0. The number of halogens is 2. The largest absolute Gasteiger partial charge is 2.00 e. The zero-order valence-corrected chi connectivity index (χ0v) is 18.1. The van der Waals surface area contributed by atoms with Gasteiger partial charge < -0.3 is 24.8 Å². The van der Waals surface area contributed by atoms with Crippen molar-refractivity contribution in [2.45, 2.75) is 32.2 Å². The van der Waals surface area contributed by atoms with E-state index in [-0.39, 0.29) is 51.0 Å². The van der Waals surface area contributed by atoms with Crippen LogP contribution in [0.4, 0.5) is 0 Å². The van der Waals surface area contributed by atoms with E-state index < -0.39 is 0 Å². The van der Waals surface area contributed by atoms with Crippen LogP contribution in [-0.2, 0) is 26.2 Å². The van der Waals surface area contributed by atoms with Gasteiger partial charge in [-0.1, -0.05) is 31.9 Å². The molecule has 116 valence electrons. The predicted octanol–water partition coefficient (Wildman–Crippen LogP) is -1.58. The zero-order valence-electron chi connectivity index (χ0n) is 13.2. The maximum absolute atomic E-state index is 2.99. The number of allylic oxidation sites excluding steroid dienone is 4. The van der Waals surface area contributed by atoms with E-state index in [9.17, 15) is 0 Å². The minimum atomic E-state index is 0. The molecule has 0 aromatic heterocycles. The van der Waals surface area contributed by atoms with Gasteiger partial charge in [0.2, 0.25) is 0 Å². The number of hydrogen-bond acceptors (Lipinski definition) is 0. The second kappa shape index (κ2) is 11.5. The molecule has 4 heteroatoms. The Morgan fingerprint density at radius 2 is 1.77 bits per heavy atom. The molecule has 0 heterocycles. The Hall–Kier alpha value is -0.01000. The van der Waals surface area contributed by atoms with Gasteiger partial charge >= 0.3 is 26.2 Å².